The van der Waals surface area contributed by atoms with E-state index >= 15 is 0 Å². The van der Waals surface area contributed by atoms with Gasteiger partial charge in [-0.05, 0) is 17.7 Å². The van der Waals surface area contributed by atoms with Crippen LogP contribution in [-0.4, -0.2) is 42.4 Å². The monoisotopic (exact) mass is 308 g/mol. The number of nitrogens with zero attached hydrogens (tertiary/aromatic N) is 1. The van der Waals surface area contributed by atoms with Gasteiger partial charge in [0.15, 0.2) is 0 Å². The molecule has 0 bridgehead atoms. The number of halogens is 4. The molecule has 0 aromatic heterocycles. The number of aromatic hydroxyl groups is 1. The highest BCUT2D eigenvalue weighted by atomic mass is 35.5. The Kier molecular flexibility index (Phi) is 4.78. The number of hydrogen-bond acceptors (Lipinski definition) is 3. The summed E-state index contributed by atoms with van der Waals surface area (Å²) in [5.74, 6) is -0.124. The molecule has 1 aliphatic rings. The van der Waals surface area contributed by atoms with Gasteiger partial charge in [0.1, 0.15) is 5.75 Å². The Labute approximate surface area is 120 Å². The van der Waals surface area contributed by atoms with Crippen molar-refractivity contribution >= 4 is 11.6 Å². The van der Waals surface area contributed by atoms with E-state index in [-0.39, 0.29) is 10.8 Å². The molecule has 1 aromatic rings. The molecule has 0 amide bonds. The third kappa shape index (κ3) is 4.01. The van der Waals surface area contributed by atoms with E-state index in [2.05, 4.69) is 5.32 Å². The predicted octanol–water partition coefficient (Wildman–Crippen LogP) is 2.94. The third-order valence-electron chi connectivity index (χ3n) is 3.37. The number of alkyl halides is 3. The first-order valence-electron chi connectivity index (χ1n) is 6.37. The largest absolute Gasteiger partial charge is 0.506 e. The van der Waals surface area contributed by atoms with E-state index in [1.54, 1.807) is 4.90 Å². The van der Waals surface area contributed by atoms with Crippen molar-refractivity contribution in [3.05, 3.63) is 28.8 Å². The standard InChI is InChI=1S/C13H16ClF3N2O/c14-10-7-9(1-2-12(10)20)11(8-13(15,16)17)19-5-3-18-4-6-19/h1-2,7,11,18,20H,3-6,8H2/t11-/m0/s1. The zero-order valence-electron chi connectivity index (χ0n) is 10.8. The summed E-state index contributed by atoms with van der Waals surface area (Å²) in [6, 6.07) is 3.48. The normalized spacial score (nSPS) is 19.0. The fourth-order valence-electron chi connectivity index (χ4n) is 2.40. The Hall–Kier alpha value is -0.980. The Bertz CT molecular complexity index is 461. The fourth-order valence-corrected chi connectivity index (χ4v) is 2.59. The van der Waals surface area contributed by atoms with Gasteiger partial charge in [0.2, 0.25) is 0 Å². The molecule has 1 saturated heterocycles. The molecule has 1 heterocycles. The fraction of sp³-hybridized carbons (Fsp3) is 0.538. The highest BCUT2D eigenvalue weighted by Gasteiger charge is 2.36. The summed E-state index contributed by atoms with van der Waals surface area (Å²) in [6.07, 6.45) is -5.17. The lowest BCUT2D eigenvalue weighted by molar-refractivity contribution is -0.148. The number of phenols is 1. The Morgan fingerprint density at radius 3 is 2.50 bits per heavy atom. The maximum atomic E-state index is 12.8. The summed E-state index contributed by atoms with van der Waals surface area (Å²) in [5, 5.41) is 12.6. The van der Waals surface area contributed by atoms with E-state index in [0.717, 1.165) is 0 Å². The smallest absolute Gasteiger partial charge is 0.390 e. The molecule has 0 spiro atoms. The van der Waals surface area contributed by atoms with Crippen LogP contribution in [0.3, 0.4) is 0 Å². The first-order valence-corrected chi connectivity index (χ1v) is 6.74. The van der Waals surface area contributed by atoms with Crippen LogP contribution in [0.5, 0.6) is 5.75 Å². The maximum Gasteiger partial charge on any atom is 0.390 e. The molecule has 0 unspecified atom stereocenters. The van der Waals surface area contributed by atoms with Gasteiger partial charge in [-0.2, -0.15) is 13.2 Å². The number of nitrogens with one attached hydrogen (secondary N) is 1. The van der Waals surface area contributed by atoms with Crippen LogP contribution >= 0.6 is 11.6 Å². The highest BCUT2D eigenvalue weighted by Crippen LogP contribution is 2.36. The van der Waals surface area contributed by atoms with E-state index in [0.29, 0.717) is 31.7 Å². The zero-order chi connectivity index (χ0) is 14.8. The van der Waals surface area contributed by atoms with Gasteiger partial charge in [-0.3, -0.25) is 4.90 Å². The topological polar surface area (TPSA) is 35.5 Å². The van der Waals surface area contributed by atoms with Crippen molar-refractivity contribution in [2.75, 3.05) is 26.2 Å². The maximum absolute atomic E-state index is 12.8. The van der Waals surface area contributed by atoms with Crippen LogP contribution in [0, 0.1) is 0 Å². The van der Waals surface area contributed by atoms with Crippen molar-refractivity contribution in [2.45, 2.75) is 18.6 Å². The van der Waals surface area contributed by atoms with Gasteiger partial charge in [-0.25, -0.2) is 0 Å². The van der Waals surface area contributed by atoms with E-state index < -0.39 is 18.6 Å². The quantitative estimate of drug-likeness (QED) is 0.901. The molecule has 0 aliphatic carbocycles. The second kappa shape index (κ2) is 6.20. The average molecular weight is 309 g/mol. The number of phenolic OH excluding ortho intramolecular Hbond substituents is 1. The van der Waals surface area contributed by atoms with Gasteiger partial charge in [-0.1, -0.05) is 17.7 Å². The molecule has 0 saturated carbocycles. The lowest BCUT2D eigenvalue weighted by atomic mass is 10.0. The van der Waals surface area contributed by atoms with Crippen LogP contribution in [0.1, 0.15) is 18.0 Å². The summed E-state index contributed by atoms with van der Waals surface area (Å²) in [7, 11) is 0. The first-order chi connectivity index (χ1) is 9.37. The van der Waals surface area contributed by atoms with Crippen LogP contribution < -0.4 is 5.32 Å². The molecule has 1 fully saturated rings. The molecular formula is C13H16ClF3N2O. The molecule has 1 atom stereocenters. The minimum atomic E-state index is -4.25. The molecule has 1 aromatic carbocycles. The van der Waals surface area contributed by atoms with Crippen LogP contribution in [0.4, 0.5) is 13.2 Å². The summed E-state index contributed by atoms with van der Waals surface area (Å²) in [5.41, 5.74) is 0.479. The second-order valence-electron chi connectivity index (χ2n) is 4.83. The predicted molar refractivity (Wildman–Crippen MR) is 71.0 cm³/mol. The number of benzene rings is 1. The van der Waals surface area contributed by atoms with Crippen LogP contribution in [0.25, 0.3) is 0 Å². The Balaban J connectivity index is 2.26. The molecule has 3 nitrogen and oxygen atoms in total. The molecule has 7 heteroatoms. The Morgan fingerprint density at radius 2 is 1.95 bits per heavy atom. The molecule has 2 rings (SSSR count). The van der Waals surface area contributed by atoms with Crippen molar-refractivity contribution in [1.29, 1.82) is 0 Å². The molecule has 20 heavy (non-hydrogen) atoms. The summed E-state index contributed by atoms with van der Waals surface area (Å²) < 4.78 is 38.4. The molecule has 0 radical (unpaired) electrons. The lowest BCUT2D eigenvalue weighted by Crippen LogP contribution is -2.46. The molecule has 2 N–H and O–H groups in total. The van der Waals surface area contributed by atoms with Gasteiger partial charge >= 0.3 is 6.18 Å². The van der Waals surface area contributed by atoms with E-state index in [4.69, 9.17) is 11.6 Å². The van der Waals surface area contributed by atoms with Crippen molar-refractivity contribution in [3.63, 3.8) is 0 Å². The van der Waals surface area contributed by atoms with Gasteiger partial charge in [0.25, 0.3) is 0 Å². The minimum Gasteiger partial charge on any atom is -0.506 e. The lowest BCUT2D eigenvalue weighted by Gasteiger charge is -2.35. The van der Waals surface area contributed by atoms with Crippen molar-refractivity contribution in [2.24, 2.45) is 0 Å². The van der Waals surface area contributed by atoms with E-state index in [1.165, 1.54) is 18.2 Å². The van der Waals surface area contributed by atoms with Crippen LogP contribution in [0.15, 0.2) is 18.2 Å². The van der Waals surface area contributed by atoms with Crippen molar-refractivity contribution in [1.82, 2.24) is 10.2 Å². The molecule has 1 aliphatic heterocycles. The summed E-state index contributed by atoms with van der Waals surface area (Å²) in [6.45, 7) is 2.44. The van der Waals surface area contributed by atoms with Crippen LogP contribution in [-0.2, 0) is 0 Å². The van der Waals surface area contributed by atoms with Crippen LogP contribution in [0.2, 0.25) is 5.02 Å². The van der Waals surface area contributed by atoms with Gasteiger partial charge < -0.3 is 10.4 Å². The van der Waals surface area contributed by atoms with Gasteiger partial charge in [0.05, 0.1) is 11.4 Å². The second-order valence-corrected chi connectivity index (χ2v) is 5.24. The van der Waals surface area contributed by atoms with Gasteiger partial charge in [0, 0.05) is 32.2 Å². The van der Waals surface area contributed by atoms with E-state index in [1.807, 2.05) is 0 Å². The van der Waals surface area contributed by atoms with Crippen molar-refractivity contribution < 1.29 is 18.3 Å². The number of hydrogen-bond donors (Lipinski definition) is 2. The zero-order valence-corrected chi connectivity index (χ0v) is 11.5. The third-order valence-corrected chi connectivity index (χ3v) is 3.68. The minimum absolute atomic E-state index is 0.0739. The summed E-state index contributed by atoms with van der Waals surface area (Å²) >= 11 is 5.81. The SMILES string of the molecule is Oc1ccc([C@H](CC(F)(F)F)N2CCNCC2)cc1Cl. The average Bonchev–Trinajstić information content (AvgIpc) is 2.39. The Morgan fingerprint density at radius 1 is 1.30 bits per heavy atom. The first kappa shape index (κ1) is 15.4. The summed E-state index contributed by atoms with van der Waals surface area (Å²) in [4.78, 5) is 1.80. The highest BCUT2D eigenvalue weighted by molar-refractivity contribution is 6.32. The number of rotatable bonds is 3. The number of piperazine rings is 1. The van der Waals surface area contributed by atoms with Crippen molar-refractivity contribution in [3.8, 4) is 5.75 Å². The molecule has 112 valence electrons. The van der Waals surface area contributed by atoms with E-state index in [9.17, 15) is 18.3 Å². The van der Waals surface area contributed by atoms with Gasteiger partial charge in [-0.15, -0.1) is 0 Å². The molecular weight excluding hydrogens is 293 g/mol.